The average Bonchev–Trinajstić information content (AvgIpc) is 2.42. The topological polar surface area (TPSA) is 89.9 Å². The molecular weight excluding hydrogens is 276 g/mol. The van der Waals surface area contributed by atoms with Gasteiger partial charge in [-0.1, -0.05) is 27.7 Å². The van der Waals surface area contributed by atoms with Crippen molar-refractivity contribution in [1.82, 2.24) is 0 Å². The van der Waals surface area contributed by atoms with Crippen LogP contribution in [0.15, 0.2) is 0 Å². The van der Waals surface area contributed by atoms with Gasteiger partial charge in [-0.15, -0.1) is 0 Å². The van der Waals surface area contributed by atoms with Gasteiger partial charge in [0.05, 0.1) is 32.0 Å². The standard InChI is InChI=1S/C15H26O6/c1-5-11(6-2)14(19)21-10-15(3,4)9-20-13(18)8-7-12(16)17/h11H,5-10H2,1-4H3,(H,16,17). The summed E-state index contributed by atoms with van der Waals surface area (Å²) in [6, 6.07) is 0. The Balaban J connectivity index is 4.11. The van der Waals surface area contributed by atoms with Crippen molar-refractivity contribution in [3.63, 3.8) is 0 Å². The largest absolute Gasteiger partial charge is 0.481 e. The second-order valence-electron chi connectivity index (χ2n) is 5.84. The second-order valence-corrected chi connectivity index (χ2v) is 5.84. The third-order valence-electron chi connectivity index (χ3n) is 3.09. The second kappa shape index (κ2) is 9.37. The first-order chi connectivity index (χ1) is 9.71. The summed E-state index contributed by atoms with van der Waals surface area (Å²) in [5.74, 6) is -1.92. The minimum Gasteiger partial charge on any atom is -0.481 e. The zero-order valence-corrected chi connectivity index (χ0v) is 13.3. The van der Waals surface area contributed by atoms with E-state index in [0.717, 1.165) is 12.8 Å². The molecule has 0 amide bonds. The van der Waals surface area contributed by atoms with E-state index < -0.39 is 17.4 Å². The molecule has 0 bridgehead atoms. The van der Waals surface area contributed by atoms with Gasteiger partial charge in [0.1, 0.15) is 0 Å². The Labute approximate surface area is 125 Å². The number of esters is 2. The normalized spacial score (nSPS) is 11.3. The zero-order valence-electron chi connectivity index (χ0n) is 13.3. The molecule has 21 heavy (non-hydrogen) atoms. The van der Waals surface area contributed by atoms with Crippen molar-refractivity contribution in [3.8, 4) is 0 Å². The molecule has 0 aromatic rings. The molecule has 0 aliphatic heterocycles. The fourth-order valence-corrected chi connectivity index (χ4v) is 1.61. The maximum atomic E-state index is 11.8. The molecule has 0 spiro atoms. The number of hydrogen-bond donors (Lipinski definition) is 1. The number of carbonyl (C=O) groups excluding carboxylic acids is 2. The molecule has 0 fully saturated rings. The SMILES string of the molecule is CCC(CC)C(=O)OCC(C)(C)COC(=O)CCC(=O)O. The van der Waals surface area contributed by atoms with Crippen molar-refractivity contribution in [2.45, 2.75) is 53.4 Å². The first kappa shape index (κ1) is 19.4. The van der Waals surface area contributed by atoms with E-state index in [1.165, 1.54) is 0 Å². The van der Waals surface area contributed by atoms with Crippen LogP contribution in [0.25, 0.3) is 0 Å². The molecule has 0 saturated carbocycles. The Hall–Kier alpha value is -1.59. The Bertz CT molecular complexity index is 357. The van der Waals surface area contributed by atoms with Crippen molar-refractivity contribution in [1.29, 1.82) is 0 Å². The molecule has 6 nitrogen and oxygen atoms in total. The number of rotatable bonds is 10. The minimum absolute atomic E-state index is 0.0850. The van der Waals surface area contributed by atoms with E-state index in [9.17, 15) is 14.4 Å². The number of ether oxygens (including phenoxy) is 2. The van der Waals surface area contributed by atoms with Crippen molar-refractivity contribution in [2.75, 3.05) is 13.2 Å². The van der Waals surface area contributed by atoms with E-state index in [-0.39, 0.29) is 37.9 Å². The lowest BCUT2D eigenvalue weighted by Crippen LogP contribution is -2.30. The summed E-state index contributed by atoms with van der Waals surface area (Å²) in [5, 5.41) is 8.47. The van der Waals surface area contributed by atoms with Crippen LogP contribution in [0.1, 0.15) is 53.4 Å². The van der Waals surface area contributed by atoms with Crippen LogP contribution in [-0.4, -0.2) is 36.2 Å². The van der Waals surface area contributed by atoms with Crippen molar-refractivity contribution in [2.24, 2.45) is 11.3 Å². The van der Waals surface area contributed by atoms with Crippen LogP contribution >= 0.6 is 0 Å². The summed E-state index contributed by atoms with van der Waals surface area (Å²) in [5.41, 5.74) is -0.499. The van der Waals surface area contributed by atoms with Crippen LogP contribution < -0.4 is 0 Å². The van der Waals surface area contributed by atoms with Crippen molar-refractivity contribution >= 4 is 17.9 Å². The van der Waals surface area contributed by atoms with E-state index >= 15 is 0 Å². The fraction of sp³-hybridized carbons (Fsp3) is 0.800. The highest BCUT2D eigenvalue weighted by Crippen LogP contribution is 2.18. The first-order valence-electron chi connectivity index (χ1n) is 7.26. The maximum Gasteiger partial charge on any atom is 0.308 e. The Morgan fingerprint density at radius 3 is 2.00 bits per heavy atom. The highest BCUT2D eigenvalue weighted by Gasteiger charge is 2.25. The molecule has 0 unspecified atom stereocenters. The average molecular weight is 302 g/mol. The van der Waals surface area contributed by atoms with Crippen LogP contribution in [-0.2, 0) is 23.9 Å². The predicted octanol–water partition coefficient (Wildman–Crippen LogP) is 2.40. The minimum atomic E-state index is -1.04. The van der Waals surface area contributed by atoms with Gasteiger partial charge in [0.25, 0.3) is 0 Å². The fourth-order valence-electron chi connectivity index (χ4n) is 1.61. The lowest BCUT2D eigenvalue weighted by molar-refractivity contribution is -0.156. The molecule has 0 aromatic heterocycles. The van der Waals surface area contributed by atoms with E-state index in [4.69, 9.17) is 14.6 Å². The number of carboxylic acid groups (broad SMARTS) is 1. The molecule has 0 aromatic carbocycles. The van der Waals surface area contributed by atoms with Gasteiger partial charge in [0.15, 0.2) is 0 Å². The highest BCUT2D eigenvalue weighted by atomic mass is 16.5. The number of carbonyl (C=O) groups is 3. The molecule has 6 heteroatoms. The van der Waals surface area contributed by atoms with Crippen LogP contribution in [0.2, 0.25) is 0 Å². The van der Waals surface area contributed by atoms with Crippen LogP contribution in [0.3, 0.4) is 0 Å². The Morgan fingerprint density at radius 1 is 1.00 bits per heavy atom. The molecule has 0 heterocycles. The zero-order chi connectivity index (χ0) is 16.5. The Kier molecular flexibility index (Phi) is 8.66. The molecule has 0 radical (unpaired) electrons. The van der Waals surface area contributed by atoms with Gasteiger partial charge in [0, 0.05) is 5.41 Å². The van der Waals surface area contributed by atoms with E-state index in [1.807, 2.05) is 27.7 Å². The monoisotopic (exact) mass is 302 g/mol. The summed E-state index contributed by atoms with van der Waals surface area (Å²) >= 11 is 0. The van der Waals surface area contributed by atoms with E-state index in [2.05, 4.69) is 0 Å². The molecule has 0 rings (SSSR count). The predicted molar refractivity (Wildman–Crippen MR) is 76.6 cm³/mol. The summed E-state index contributed by atoms with van der Waals surface area (Å²) in [6.45, 7) is 7.75. The molecule has 1 N–H and O–H groups in total. The lowest BCUT2D eigenvalue weighted by Gasteiger charge is -2.24. The number of aliphatic carboxylic acids is 1. The van der Waals surface area contributed by atoms with Gasteiger partial charge in [-0.3, -0.25) is 14.4 Å². The maximum absolute atomic E-state index is 11.8. The van der Waals surface area contributed by atoms with Crippen LogP contribution in [0.4, 0.5) is 0 Å². The van der Waals surface area contributed by atoms with Gasteiger partial charge in [0.2, 0.25) is 0 Å². The number of carboxylic acids is 1. The highest BCUT2D eigenvalue weighted by molar-refractivity contribution is 5.76. The molecule has 0 atom stereocenters. The van der Waals surface area contributed by atoms with Crippen molar-refractivity contribution < 1.29 is 29.0 Å². The number of hydrogen-bond acceptors (Lipinski definition) is 5. The van der Waals surface area contributed by atoms with Crippen LogP contribution in [0, 0.1) is 11.3 Å². The van der Waals surface area contributed by atoms with E-state index in [0.29, 0.717) is 0 Å². The quantitative estimate of drug-likeness (QED) is 0.623. The summed E-state index contributed by atoms with van der Waals surface area (Å²) in [7, 11) is 0. The van der Waals surface area contributed by atoms with Gasteiger partial charge in [-0.05, 0) is 12.8 Å². The molecular formula is C15H26O6. The summed E-state index contributed by atoms with van der Waals surface area (Å²) in [4.78, 5) is 33.5. The van der Waals surface area contributed by atoms with Crippen molar-refractivity contribution in [3.05, 3.63) is 0 Å². The first-order valence-corrected chi connectivity index (χ1v) is 7.26. The molecule has 0 aliphatic rings. The third-order valence-corrected chi connectivity index (χ3v) is 3.09. The molecule has 0 saturated heterocycles. The smallest absolute Gasteiger partial charge is 0.308 e. The van der Waals surface area contributed by atoms with Gasteiger partial charge < -0.3 is 14.6 Å². The third kappa shape index (κ3) is 9.05. The van der Waals surface area contributed by atoms with E-state index in [1.54, 1.807) is 0 Å². The van der Waals surface area contributed by atoms with Gasteiger partial charge in [-0.25, -0.2) is 0 Å². The summed E-state index contributed by atoms with van der Waals surface area (Å²) < 4.78 is 10.3. The summed E-state index contributed by atoms with van der Waals surface area (Å²) in [6.07, 6.45) is 1.07. The van der Waals surface area contributed by atoms with Gasteiger partial charge in [-0.2, -0.15) is 0 Å². The molecule has 122 valence electrons. The Morgan fingerprint density at radius 2 is 1.52 bits per heavy atom. The lowest BCUT2D eigenvalue weighted by atomic mass is 9.96. The van der Waals surface area contributed by atoms with Gasteiger partial charge >= 0.3 is 17.9 Å². The molecule has 0 aliphatic carbocycles. The van der Waals surface area contributed by atoms with Crippen LogP contribution in [0.5, 0.6) is 0 Å².